The molecule has 1 heterocycles. The quantitative estimate of drug-likeness (QED) is 0.806. The van der Waals surface area contributed by atoms with Crippen LogP contribution in [0.25, 0.3) is 0 Å². The second-order valence-electron chi connectivity index (χ2n) is 5.48. The Morgan fingerprint density at radius 1 is 1.11 bits per heavy atom. The largest absolute Gasteiger partial charge is 0.384 e. The molecule has 0 aromatic heterocycles. The van der Waals surface area contributed by atoms with Crippen molar-refractivity contribution < 1.29 is 14.7 Å². The Kier molecular flexibility index (Phi) is 6.28. The summed E-state index contributed by atoms with van der Waals surface area (Å²) < 4.78 is 0. The van der Waals surface area contributed by atoms with Crippen molar-refractivity contribution in [1.82, 2.24) is 9.80 Å². The van der Waals surface area contributed by atoms with E-state index in [2.05, 4.69) is 13.8 Å². The molecule has 0 aromatic rings. The van der Waals surface area contributed by atoms with Gasteiger partial charge in [0.1, 0.15) is 6.10 Å². The number of hydrogen-bond acceptors (Lipinski definition) is 3. The molecule has 0 aromatic carbocycles. The van der Waals surface area contributed by atoms with Crippen molar-refractivity contribution in [3.05, 3.63) is 0 Å². The van der Waals surface area contributed by atoms with Crippen LogP contribution in [0.3, 0.4) is 0 Å². The van der Waals surface area contributed by atoms with Crippen LogP contribution in [-0.4, -0.2) is 59.0 Å². The first kappa shape index (κ1) is 16.0. The molecular formula is C14H26N2O3. The van der Waals surface area contributed by atoms with Gasteiger partial charge in [0.25, 0.3) is 5.91 Å². The van der Waals surface area contributed by atoms with E-state index >= 15 is 0 Å². The van der Waals surface area contributed by atoms with E-state index in [9.17, 15) is 14.7 Å². The van der Waals surface area contributed by atoms with E-state index in [-0.39, 0.29) is 11.8 Å². The van der Waals surface area contributed by atoms with E-state index in [0.717, 1.165) is 12.8 Å². The first-order valence-electron chi connectivity index (χ1n) is 7.20. The number of aliphatic hydroxyl groups is 1. The molecule has 1 aliphatic heterocycles. The maximum absolute atomic E-state index is 12.1. The summed E-state index contributed by atoms with van der Waals surface area (Å²) in [6.07, 6.45) is 1.82. The van der Waals surface area contributed by atoms with Crippen molar-refractivity contribution in [3.63, 3.8) is 0 Å². The third-order valence-electron chi connectivity index (χ3n) is 3.61. The molecule has 1 fully saturated rings. The van der Waals surface area contributed by atoms with Crippen LogP contribution in [0, 0.1) is 5.92 Å². The van der Waals surface area contributed by atoms with Crippen LogP contribution >= 0.6 is 0 Å². The summed E-state index contributed by atoms with van der Waals surface area (Å²) in [6, 6.07) is 0. The summed E-state index contributed by atoms with van der Waals surface area (Å²) >= 11 is 0. The van der Waals surface area contributed by atoms with Gasteiger partial charge in [0.15, 0.2) is 0 Å². The monoisotopic (exact) mass is 270 g/mol. The zero-order valence-electron chi connectivity index (χ0n) is 12.3. The van der Waals surface area contributed by atoms with Gasteiger partial charge in [-0.25, -0.2) is 0 Å². The van der Waals surface area contributed by atoms with Crippen LogP contribution < -0.4 is 0 Å². The van der Waals surface area contributed by atoms with Crippen molar-refractivity contribution in [2.75, 3.05) is 26.2 Å². The lowest BCUT2D eigenvalue weighted by atomic mass is 10.0. The van der Waals surface area contributed by atoms with Crippen molar-refractivity contribution in [2.24, 2.45) is 5.92 Å². The summed E-state index contributed by atoms with van der Waals surface area (Å²) in [4.78, 5) is 27.1. The van der Waals surface area contributed by atoms with Gasteiger partial charge in [0.2, 0.25) is 5.91 Å². The van der Waals surface area contributed by atoms with Crippen LogP contribution in [0.1, 0.15) is 40.0 Å². The second kappa shape index (κ2) is 7.48. The van der Waals surface area contributed by atoms with Gasteiger partial charge in [0, 0.05) is 32.6 Å². The Hall–Kier alpha value is -1.10. The minimum absolute atomic E-state index is 0.185. The van der Waals surface area contributed by atoms with Crippen molar-refractivity contribution in [3.8, 4) is 0 Å². The molecule has 0 radical (unpaired) electrons. The molecule has 0 saturated carbocycles. The number of hydrogen-bond donors (Lipinski definition) is 1. The van der Waals surface area contributed by atoms with Crippen molar-refractivity contribution in [1.29, 1.82) is 0 Å². The van der Waals surface area contributed by atoms with E-state index in [1.807, 2.05) is 4.90 Å². The topological polar surface area (TPSA) is 60.9 Å². The van der Waals surface area contributed by atoms with Gasteiger partial charge in [-0.2, -0.15) is 0 Å². The molecule has 2 amide bonds. The smallest absolute Gasteiger partial charge is 0.251 e. The molecule has 0 spiro atoms. The first-order valence-corrected chi connectivity index (χ1v) is 7.20. The summed E-state index contributed by atoms with van der Waals surface area (Å²) in [7, 11) is 0. The maximum Gasteiger partial charge on any atom is 0.251 e. The van der Waals surface area contributed by atoms with E-state index in [0.29, 0.717) is 38.5 Å². The summed E-state index contributed by atoms with van der Waals surface area (Å²) in [6.45, 7) is 7.92. The molecule has 1 saturated heterocycles. The molecule has 0 aliphatic carbocycles. The molecule has 19 heavy (non-hydrogen) atoms. The molecule has 1 N–H and O–H groups in total. The summed E-state index contributed by atoms with van der Waals surface area (Å²) in [5.41, 5.74) is 0. The second-order valence-corrected chi connectivity index (χ2v) is 5.48. The highest BCUT2D eigenvalue weighted by Crippen LogP contribution is 2.13. The Morgan fingerprint density at radius 3 is 2.11 bits per heavy atom. The molecule has 1 aliphatic rings. The van der Waals surface area contributed by atoms with Gasteiger partial charge in [-0.05, 0) is 12.8 Å². The molecule has 5 heteroatoms. The zero-order valence-corrected chi connectivity index (χ0v) is 12.3. The molecule has 2 atom stereocenters. The fourth-order valence-electron chi connectivity index (χ4n) is 2.46. The Morgan fingerprint density at radius 2 is 1.63 bits per heavy atom. The first-order chi connectivity index (χ1) is 8.95. The Labute approximate surface area is 115 Å². The van der Waals surface area contributed by atoms with Gasteiger partial charge in [-0.1, -0.05) is 26.7 Å². The lowest BCUT2D eigenvalue weighted by Gasteiger charge is -2.35. The fourth-order valence-corrected chi connectivity index (χ4v) is 2.46. The predicted molar refractivity (Wildman–Crippen MR) is 73.5 cm³/mol. The van der Waals surface area contributed by atoms with Crippen LogP contribution in [0.5, 0.6) is 0 Å². The molecular weight excluding hydrogens is 244 g/mol. The summed E-state index contributed by atoms with van der Waals surface area (Å²) in [5, 5.41) is 9.25. The molecule has 110 valence electrons. The lowest BCUT2D eigenvalue weighted by Crippen LogP contribution is -2.52. The number of amides is 2. The predicted octanol–water partition coefficient (Wildman–Crippen LogP) is 0.864. The lowest BCUT2D eigenvalue weighted by molar-refractivity contribution is -0.145. The number of carbonyl (C=O) groups excluding carboxylic acids is 2. The maximum atomic E-state index is 12.1. The Bertz CT molecular complexity index is 310. The SMILES string of the molecule is CCCC(C)CC(=O)N1CCN(C(=O)C(C)O)CC1. The minimum Gasteiger partial charge on any atom is -0.384 e. The van der Waals surface area contributed by atoms with E-state index in [1.54, 1.807) is 4.90 Å². The molecule has 5 nitrogen and oxygen atoms in total. The number of carbonyl (C=O) groups is 2. The van der Waals surface area contributed by atoms with Crippen LogP contribution in [0.4, 0.5) is 0 Å². The standard InChI is InChI=1S/C14H26N2O3/c1-4-5-11(2)10-13(18)15-6-8-16(9-7-15)14(19)12(3)17/h11-12,17H,4-10H2,1-3H3. The third kappa shape index (κ3) is 4.82. The van der Waals surface area contributed by atoms with Gasteiger partial charge < -0.3 is 14.9 Å². The average Bonchev–Trinajstić information content (AvgIpc) is 2.38. The number of piperazine rings is 1. The summed E-state index contributed by atoms with van der Waals surface area (Å²) in [5.74, 6) is 0.367. The van der Waals surface area contributed by atoms with E-state index < -0.39 is 6.10 Å². The zero-order chi connectivity index (χ0) is 14.4. The highest BCUT2D eigenvalue weighted by atomic mass is 16.3. The highest BCUT2D eigenvalue weighted by Gasteiger charge is 2.26. The van der Waals surface area contributed by atoms with Crippen LogP contribution in [0.15, 0.2) is 0 Å². The number of nitrogens with zero attached hydrogens (tertiary/aromatic N) is 2. The number of rotatable bonds is 5. The molecule has 1 rings (SSSR count). The third-order valence-corrected chi connectivity index (χ3v) is 3.61. The van der Waals surface area contributed by atoms with Gasteiger partial charge in [-0.15, -0.1) is 0 Å². The minimum atomic E-state index is -0.952. The van der Waals surface area contributed by atoms with Gasteiger partial charge in [0.05, 0.1) is 0 Å². The van der Waals surface area contributed by atoms with E-state index in [1.165, 1.54) is 6.92 Å². The normalized spacial score (nSPS) is 19.2. The van der Waals surface area contributed by atoms with Crippen molar-refractivity contribution >= 4 is 11.8 Å². The average molecular weight is 270 g/mol. The fraction of sp³-hybridized carbons (Fsp3) is 0.857. The van der Waals surface area contributed by atoms with Crippen LogP contribution in [0.2, 0.25) is 0 Å². The Balaban J connectivity index is 2.37. The van der Waals surface area contributed by atoms with Crippen molar-refractivity contribution in [2.45, 2.75) is 46.1 Å². The molecule has 2 unspecified atom stereocenters. The highest BCUT2D eigenvalue weighted by molar-refractivity contribution is 5.81. The van der Waals surface area contributed by atoms with E-state index in [4.69, 9.17) is 0 Å². The van der Waals surface area contributed by atoms with Crippen LogP contribution in [-0.2, 0) is 9.59 Å². The van der Waals surface area contributed by atoms with Gasteiger partial charge >= 0.3 is 0 Å². The number of aliphatic hydroxyl groups excluding tert-OH is 1. The molecule has 0 bridgehead atoms. The van der Waals surface area contributed by atoms with Gasteiger partial charge in [-0.3, -0.25) is 9.59 Å².